The molecule has 2 fully saturated rings. The first-order chi connectivity index (χ1) is 18.9. The van der Waals surface area contributed by atoms with Crippen molar-refractivity contribution >= 4 is 60.4 Å². The number of aromatic carboxylic acids is 1. The zero-order chi connectivity index (χ0) is 28.9. The third-order valence-corrected chi connectivity index (χ3v) is 9.73. The number of carbonyl (C=O) groups is 2. The lowest BCUT2D eigenvalue weighted by molar-refractivity contribution is -0.355. The smallest absolute Gasteiger partial charge is 0.340 e. The second kappa shape index (κ2) is 11.2. The number of Topliss-reactive ketones (excluding diaryl/α,β-unsaturated/α-hetero) is 1. The molecule has 9 nitrogen and oxygen atoms in total. The van der Waals surface area contributed by atoms with E-state index in [0.717, 1.165) is 23.7 Å². The van der Waals surface area contributed by atoms with Gasteiger partial charge in [0.25, 0.3) is 0 Å². The Kier molecular flexibility index (Phi) is 8.22. The predicted molar refractivity (Wildman–Crippen MR) is 158 cm³/mol. The van der Waals surface area contributed by atoms with Crippen molar-refractivity contribution < 1.29 is 28.6 Å². The van der Waals surface area contributed by atoms with Crippen LogP contribution in [0.4, 0.5) is 5.69 Å². The monoisotopic (exact) mass is 679 g/mol. The number of fused-ring (bicyclic) bond motifs is 1. The molecule has 216 valence electrons. The summed E-state index contributed by atoms with van der Waals surface area (Å²) in [5.41, 5.74) is 1.76. The van der Waals surface area contributed by atoms with Crippen molar-refractivity contribution in [3.8, 4) is 0 Å². The fraction of sp³-hybridized carbons (Fsp3) is 0.552. The van der Waals surface area contributed by atoms with Crippen LogP contribution in [0, 0.1) is 23.7 Å². The first-order valence-corrected chi connectivity index (χ1v) is 15.3. The summed E-state index contributed by atoms with van der Waals surface area (Å²) in [5, 5.41) is 12.8. The number of aromatic amines is 1. The normalized spacial score (nSPS) is 29.5. The van der Waals surface area contributed by atoms with Crippen LogP contribution in [-0.4, -0.2) is 51.9 Å². The van der Waals surface area contributed by atoms with Gasteiger partial charge < -0.3 is 29.3 Å². The highest BCUT2D eigenvalue weighted by atomic mass is 79.9. The Balaban J connectivity index is 1.40. The number of hydrogen-bond acceptors (Lipinski definition) is 7. The van der Waals surface area contributed by atoms with Gasteiger partial charge in [0.15, 0.2) is 23.0 Å². The molecule has 7 atom stereocenters. The van der Waals surface area contributed by atoms with E-state index in [1.165, 1.54) is 0 Å². The molecule has 2 saturated heterocycles. The number of hydrogen-bond donors (Lipinski definition) is 3. The van der Waals surface area contributed by atoms with Crippen LogP contribution in [0.3, 0.4) is 0 Å². The Bertz CT molecular complexity index is 1440. The van der Waals surface area contributed by atoms with Crippen LogP contribution in [-0.2, 0) is 15.9 Å². The van der Waals surface area contributed by atoms with Gasteiger partial charge in [0, 0.05) is 40.4 Å². The van der Waals surface area contributed by atoms with Crippen molar-refractivity contribution in [1.29, 1.82) is 0 Å². The Morgan fingerprint density at radius 2 is 1.98 bits per heavy atom. The number of ketones is 1. The Morgan fingerprint density at radius 1 is 1.23 bits per heavy atom. The Hall–Kier alpha value is -2.21. The van der Waals surface area contributed by atoms with E-state index in [-0.39, 0.29) is 47.2 Å². The van der Waals surface area contributed by atoms with Gasteiger partial charge in [0.05, 0.1) is 30.0 Å². The lowest BCUT2D eigenvalue weighted by Crippen LogP contribution is -2.58. The van der Waals surface area contributed by atoms with Gasteiger partial charge in [-0.3, -0.25) is 4.79 Å². The SMILES string of the molecule is CNc1c(Br)cc2oc(C[C@H]3OC4(CC[C@H]3C)OC([C@H](C)C(=O)c3cc(Br)c[nH]3)[C@H](C)C[C@H]4C)nc2c1C(=O)O. The van der Waals surface area contributed by atoms with Crippen LogP contribution in [0.1, 0.15) is 73.7 Å². The number of H-pyrrole nitrogens is 1. The van der Waals surface area contributed by atoms with Crippen LogP contribution in [0.5, 0.6) is 0 Å². The summed E-state index contributed by atoms with van der Waals surface area (Å²) in [4.78, 5) is 33.0. The minimum absolute atomic E-state index is 0.0146. The highest BCUT2D eigenvalue weighted by Gasteiger charge is 2.52. The van der Waals surface area contributed by atoms with Gasteiger partial charge in [0.2, 0.25) is 0 Å². The van der Waals surface area contributed by atoms with Crippen molar-refractivity contribution in [3.63, 3.8) is 0 Å². The summed E-state index contributed by atoms with van der Waals surface area (Å²) in [6.07, 6.45) is 4.10. The standard InChI is InChI=1S/C29H35Br2N3O6/c1-13-6-7-29(15(3)8-14(2)27(40-29)16(4)26(35)19-9-17(30)12-33-19)39-20(13)11-22-34-25-21(38-22)10-18(31)24(32-5)23(25)28(36)37/h9-10,12-16,20,27,32-33H,6-8,11H2,1-5H3,(H,36,37)/t13-,14-,15-,16-,20-,27?,29?/m1/s1. The van der Waals surface area contributed by atoms with Gasteiger partial charge in [-0.25, -0.2) is 9.78 Å². The average Bonchev–Trinajstić information content (AvgIpc) is 3.51. The fourth-order valence-electron chi connectivity index (χ4n) is 6.36. The number of carbonyl (C=O) groups excluding carboxylic acids is 1. The number of aromatic nitrogens is 2. The van der Waals surface area contributed by atoms with Gasteiger partial charge in [-0.05, 0) is 68.7 Å². The quantitative estimate of drug-likeness (QED) is 0.227. The van der Waals surface area contributed by atoms with Gasteiger partial charge in [-0.1, -0.05) is 27.7 Å². The van der Waals surface area contributed by atoms with E-state index in [1.807, 2.05) is 6.92 Å². The van der Waals surface area contributed by atoms with Crippen molar-refractivity contribution in [1.82, 2.24) is 9.97 Å². The molecule has 0 bridgehead atoms. The van der Waals surface area contributed by atoms with Gasteiger partial charge in [-0.15, -0.1) is 0 Å². The molecular formula is C29H35Br2N3O6. The van der Waals surface area contributed by atoms with Gasteiger partial charge in [-0.2, -0.15) is 0 Å². The van der Waals surface area contributed by atoms with Gasteiger partial charge >= 0.3 is 5.97 Å². The number of nitrogens with one attached hydrogen (secondary N) is 2. The number of carboxylic acid groups (broad SMARTS) is 1. The summed E-state index contributed by atoms with van der Waals surface area (Å²) in [5.74, 6) is -1.29. The lowest BCUT2D eigenvalue weighted by atomic mass is 9.75. The number of benzene rings is 1. The fourth-order valence-corrected chi connectivity index (χ4v) is 7.31. The molecule has 2 aromatic heterocycles. The minimum Gasteiger partial charge on any atom is -0.478 e. The molecule has 0 aliphatic carbocycles. The van der Waals surface area contributed by atoms with Crippen LogP contribution < -0.4 is 5.32 Å². The van der Waals surface area contributed by atoms with Crippen LogP contribution >= 0.6 is 31.9 Å². The molecule has 11 heteroatoms. The van der Waals surface area contributed by atoms with E-state index in [9.17, 15) is 14.7 Å². The first-order valence-electron chi connectivity index (χ1n) is 13.7. The third-order valence-electron chi connectivity index (χ3n) is 8.65. The van der Waals surface area contributed by atoms with E-state index in [4.69, 9.17) is 13.9 Å². The molecule has 40 heavy (non-hydrogen) atoms. The number of anilines is 1. The number of oxazole rings is 1. The molecule has 1 spiro atoms. The number of ether oxygens (including phenoxy) is 2. The Morgan fingerprint density at radius 3 is 2.62 bits per heavy atom. The maximum absolute atomic E-state index is 13.3. The molecule has 0 radical (unpaired) electrons. The maximum Gasteiger partial charge on any atom is 0.340 e. The van der Waals surface area contributed by atoms with E-state index in [1.54, 1.807) is 25.4 Å². The molecule has 1 aromatic carbocycles. The zero-order valence-corrected chi connectivity index (χ0v) is 26.4. The molecule has 2 aliphatic heterocycles. The molecular weight excluding hydrogens is 646 g/mol. The zero-order valence-electron chi connectivity index (χ0n) is 23.2. The summed E-state index contributed by atoms with van der Waals surface area (Å²) < 4.78 is 21.1. The molecule has 0 amide bonds. The number of nitrogens with zero attached hydrogens (tertiary/aromatic N) is 1. The summed E-state index contributed by atoms with van der Waals surface area (Å²) >= 11 is 6.85. The largest absolute Gasteiger partial charge is 0.478 e. The van der Waals surface area contributed by atoms with Crippen molar-refractivity contribution in [2.24, 2.45) is 23.7 Å². The topological polar surface area (TPSA) is 127 Å². The highest BCUT2D eigenvalue weighted by molar-refractivity contribution is 9.10. The number of carboxylic acids is 1. The number of rotatable bonds is 7. The Labute approximate surface area is 250 Å². The molecule has 2 aliphatic rings. The van der Waals surface area contributed by atoms with E-state index in [2.05, 4.69) is 67.9 Å². The number of halogens is 2. The van der Waals surface area contributed by atoms with E-state index in [0.29, 0.717) is 39.3 Å². The van der Waals surface area contributed by atoms with Crippen molar-refractivity contribution in [3.05, 3.63) is 44.4 Å². The van der Waals surface area contributed by atoms with Gasteiger partial charge in [0.1, 0.15) is 11.1 Å². The molecule has 3 aromatic rings. The summed E-state index contributed by atoms with van der Waals surface area (Å²) in [7, 11) is 1.67. The average molecular weight is 681 g/mol. The van der Waals surface area contributed by atoms with E-state index >= 15 is 0 Å². The lowest BCUT2D eigenvalue weighted by Gasteiger charge is -2.53. The van der Waals surface area contributed by atoms with Crippen molar-refractivity contribution in [2.75, 3.05) is 12.4 Å². The molecule has 3 N–H and O–H groups in total. The second-order valence-electron chi connectivity index (χ2n) is 11.4. The molecule has 4 heterocycles. The maximum atomic E-state index is 13.3. The van der Waals surface area contributed by atoms with Crippen LogP contribution in [0.25, 0.3) is 11.1 Å². The first kappa shape index (κ1) is 29.3. The van der Waals surface area contributed by atoms with Crippen LogP contribution in [0.15, 0.2) is 31.7 Å². The second-order valence-corrected chi connectivity index (χ2v) is 13.2. The van der Waals surface area contributed by atoms with Crippen molar-refractivity contribution in [2.45, 2.75) is 71.4 Å². The summed E-state index contributed by atoms with van der Waals surface area (Å²) in [6, 6.07) is 3.53. The van der Waals surface area contributed by atoms with E-state index < -0.39 is 11.8 Å². The predicted octanol–water partition coefficient (Wildman–Crippen LogP) is 7.05. The minimum atomic E-state index is -1.09. The molecule has 0 saturated carbocycles. The molecule has 2 unspecified atom stereocenters. The summed E-state index contributed by atoms with van der Waals surface area (Å²) in [6.45, 7) is 8.37. The molecule has 5 rings (SSSR count). The third kappa shape index (κ3) is 5.26. The highest BCUT2D eigenvalue weighted by Crippen LogP contribution is 2.48. The van der Waals surface area contributed by atoms with Crippen LogP contribution in [0.2, 0.25) is 0 Å².